The van der Waals surface area contributed by atoms with Gasteiger partial charge in [-0.05, 0) is 106 Å². The molecule has 3 nitrogen and oxygen atoms in total. The summed E-state index contributed by atoms with van der Waals surface area (Å²) in [5.74, 6) is 7.98. The number of rotatable bonds is 2. The van der Waals surface area contributed by atoms with E-state index in [1.807, 2.05) is 18.3 Å². The lowest BCUT2D eigenvalue weighted by molar-refractivity contribution is -0.0515. The van der Waals surface area contributed by atoms with Gasteiger partial charge in [0.1, 0.15) is 5.60 Å². The molecule has 1 unspecified atom stereocenters. The molecule has 0 spiro atoms. The van der Waals surface area contributed by atoms with E-state index in [4.69, 9.17) is 0 Å². The summed E-state index contributed by atoms with van der Waals surface area (Å²) in [4.78, 5) is 4.54. The molecule has 3 heteroatoms. The Kier molecular flexibility index (Phi) is 6.21. The maximum absolute atomic E-state index is 12.2. The van der Waals surface area contributed by atoms with E-state index in [1.54, 1.807) is 5.57 Å². The quantitative estimate of drug-likeness (QED) is 0.422. The predicted molar refractivity (Wildman–Crippen MR) is 153 cm³/mol. The highest BCUT2D eigenvalue weighted by molar-refractivity contribution is 5.60. The summed E-state index contributed by atoms with van der Waals surface area (Å²) < 4.78 is 0. The minimum absolute atomic E-state index is 0.139. The molecule has 1 aromatic heterocycles. The summed E-state index contributed by atoms with van der Waals surface area (Å²) in [6.45, 7) is 8.70. The zero-order chi connectivity index (χ0) is 26.7. The van der Waals surface area contributed by atoms with Crippen molar-refractivity contribution in [3.63, 3.8) is 0 Å². The summed E-state index contributed by atoms with van der Waals surface area (Å²) in [5.41, 5.74) is 6.53. The number of aliphatic hydroxyl groups is 2. The Bertz CT molecular complexity index is 1340. The van der Waals surface area contributed by atoms with E-state index in [1.165, 1.54) is 16.7 Å². The third-order valence-electron chi connectivity index (χ3n) is 9.93. The van der Waals surface area contributed by atoms with Gasteiger partial charge in [-0.25, -0.2) is 0 Å². The van der Waals surface area contributed by atoms with Gasteiger partial charge in [-0.2, -0.15) is 0 Å². The Labute approximate surface area is 228 Å². The molecule has 0 amide bonds. The Morgan fingerprint density at radius 2 is 1.79 bits per heavy atom. The fourth-order valence-electron chi connectivity index (χ4n) is 8.00. The summed E-state index contributed by atoms with van der Waals surface area (Å²) >= 11 is 0. The Hall–Kier alpha value is -2.67. The van der Waals surface area contributed by atoms with Crippen molar-refractivity contribution in [3.8, 4) is 23.1 Å². The van der Waals surface area contributed by atoms with Crippen LogP contribution in [0.1, 0.15) is 84.1 Å². The lowest BCUT2D eigenvalue weighted by Crippen LogP contribution is -2.51. The van der Waals surface area contributed by atoms with Crippen molar-refractivity contribution in [1.82, 2.24) is 4.98 Å². The Morgan fingerprint density at radius 1 is 1.00 bits per heavy atom. The van der Waals surface area contributed by atoms with E-state index in [0.717, 1.165) is 56.2 Å². The zero-order valence-electron chi connectivity index (χ0n) is 23.3. The fraction of sp³-hybridized carbons (Fsp3) is 0.514. The second kappa shape index (κ2) is 9.22. The summed E-state index contributed by atoms with van der Waals surface area (Å²) in [5, 5.41) is 22.6. The van der Waals surface area contributed by atoms with Crippen LogP contribution in [0.2, 0.25) is 0 Å². The van der Waals surface area contributed by atoms with E-state index in [0.29, 0.717) is 11.8 Å². The second-order valence-electron chi connectivity index (χ2n) is 13.4. The van der Waals surface area contributed by atoms with Crippen molar-refractivity contribution in [2.24, 2.45) is 22.7 Å². The van der Waals surface area contributed by atoms with Gasteiger partial charge in [0.25, 0.3) is 0 Å². The molecule has 1 heterocycles. The van der Waals surface area contributed by atoms with Crippen LogP contribution in [0.3, 0.4) is 0 Å². The minimum Gasteiger partial charge on any atom is -0.389 e. The van der Waals surface area contributed by atoms with Crippen LogP contribution in [0.5, 0.6) is 0 Å². The van der Waals surface area contributed by atoms with E-state index >= 15 is 0 Å². The van der Waals surface area contributed by atoms with Crippen LogP contribution >= 0.6 is 0 Å². The molecule has 6 atom stereocenters. The number of hydrogen-bond acceptors (Lipinski definition) is 3. The largest absolute Gasteiger partial charge is 0.389 e. The van der Waals surface area contributed by atoms with E-state index in [2.05, 4.69) is 80.9 Å². The highest BCUT2D eigenvalue weighted by Crippen LogP contribution is 2.66. The van der Waals surface area contributed by atoms with E-state index in [-0.39, 0.29) is 22.9 Å². The molecule has 4 aliphatic rings. The number of benzene rings is 1. The maximum atomic E-state index is 12.2. The highest BCUT2D eigenvalue weighted by atomic mass is 16.3. The standard InChI is InChI=1S/C35H41NO2/c1-33(2,3)18-19-35(38)17-16-30-28-14-12-25-21-26(37)13-15-27(25)32(28)29(22-34(30,35)4)23-8-10-24(11-9-23)31-7-5-6-20-36-31/h5-11,20-21,26,28-30,37-38H,12-17,22H2,1-4H3/t26?,28-,29+,30-,34-,35+/m0/s1. The number of hydrogen-bond donors (Lipinski definition) is 2. The van der Waals surface area contributed by atoms with Gasteiger partial charge in [0.05, 0.1) is 11.8 Å². The molecule has 6 rings (SSSR count). The molecule has 2 fully saturated rings. The first-order chi connectivity index (χ1) is 18.1. The van der Waals surface area contributed by atoms with Crippen LogP contribution in [0.15, 0.2) is 71.5 Å². The van der Waals surface area contributed by atoms with Crippen molar-refractivity contribution < 1.29 is 10.2 Å². The van der Waals surface area contributed by atoms with E-state index < -0.39 is 5.60 Å². The topological polar surface area (TPSA) is 53.4 Å². The second-order valence-corrected chi connectivity index (χ2v) is 13.4. The van der Waals surface area contributed by atoms with Gasteiger partial charge in [0, 0.05) is 28.5 Å². The van der Waals surface area contributed by atoms with Gasteiger partial charge in [-0.1, -0.05) is 60.7 Å². The van der Waals surface area contributed by atoms with Crippen LogP contribution < -0.4 is 0 Å². The molecule has 2 N–H and O–H groups in total. The third kappa shape index (κ3) is 4.27. The molecule has 38 heavy (non-hydrogen) atoms. The molecule has 2 saturated carbocycles. The molecule has 0 radical (unpaired) electrons. The molecule has 198 valence electrons. The summed E-state index contributed by atoms with van der Waals surface area (Å²) in [7, 11) is 0. The first-order valence-corrected chi connectivity index (χ1v) is 14.5. The van der Waals surface area contributed by atoms with Crippen LogP contribution in [0, 0.1) is 34.5 Å². The van der Waals surface area contributed by atoms with Gasteiger partial charge in [0.15, 0.2) is 0 Å². The maximum Gasteiger partial charge on any atom is 0.131 e. The highest BCUT2D eigenvalue weighted by Gasteiger charge is 2.62. The predicted octanol–water partition coefficient (Wildman–Crippen LogP) is 7.22. The van der Waals surface area contributed by atoms with Crippen molar-refractivity contribution >= 4 is 0 Å². The normalized spacial score (nSPS) is 34.4. The number of pyridine rings is 1. The van der Waals surface area contributed by atoms with Crippen molar-refractivity contribution in [1.29, 1.82) is 0 Å². The van der Waals surface area contributed by atoms with Gasteiger partial charge in [-0.15, -0.1) is 0 Å². The SMILES string of the molecule is CC(C)(C)C#C[C@]1(O)CC[C@H]2[C@@H]3CCC4=CC(O)CCC4=C3[C@@H](c3ccc(-c4ccccn4)cc3)C[C@@]21C. The monoisotopic (exact) mass is 507 g/mol. The summed E-state index contributed by atoms with van der Waals surface area (Å²) in [6.07, 6.45) is 10.2. The molecule has 4 aliphatic carbocycles. The number of aromatic nitrogens is 1. The van der Waals surface area contributed by atoms with Crippen LogP contribution in [-0.4, -0.2) is 26.9 Å². The van der Waals surface area contributed by atoms with Crippen LogP contribution in [0.4, 0.5) is 0 Å². The third-order valence-corrected chi connectivity index (χ3v) is 9.93. The van der Waals surface area contributed by atoms with Gasteiger partial charge < -0.3 is 10.2 Å². The van der Waals surface area contributed by atoms with Gasteiger partial charge in [0.2, 0.25) is 0 Å². The average Bonchev–Trinajstić information content (AvgIpc) is 3.17. The van der Waals surface area contributed by atoms with Crippen molar-refractivity contribution in [2.45, 2.75) is 90.3 Å². The molecular weight excluding hydrogens is 466 g/mol. The number of aliphatic hydroxyl groups excluding tert-OH is 1. The number of allylic oxidation sites excluding steroid dienone is 3. The smallest absolute Gasteiger partial charge is 0.131 e. The first kappa shape index (κ1) is 25.6. The molecule has 0 bridgehead atoms. The molecule has 0 saturated heterocycles. The zero-order valence-corrected chi connectivity index (χ0v) is 23.3. The summed E-state index contributed by atoms with van der Waals surface area (Å²) in [6, 6.07) is 15.0. The van der Waals surface area contributed by atoms with Crippen molar-refractivity contribution in [2.75, 3.05) is 0 Å². The molecule has 0 aliphatic heterocycles. The molecular formula is C35H41NO2. The molecule has 1 aromatic carbocycles. The molecule has 2 aromatic rings. The lowest BCUT2D eigenvalue weighted by Gasteiger charge is -2.54. The van der Waals surface area contributed by atoms with E-state index in [9.17, 15) is 10.2 Å². The van der Waals surface area contributed by atoms with Gasteiger partial charge in [-0.3, -0.25) is 4.98 Å². The van der Waals surface area contributed by atoms with Crippen molar-refractivity contribution in [3.05, 3.63) is 77.0 Å². The first-order valence-electron chi connectivity index (χ1n) is 14.5. The number of nitrogens with zero attached hydrogens (tertiary/aromatic N) is 1. The van der Waals surface area contributed by atoms with Gasteiger partial charge >= 0.3 is 0 Å². The fourth-order valence-corrected chi connectivity index (χ4v) is 8.00. The average molecular weight is 508 g/mol. The Balaban J connectivity index is 1.46. The van der Waals surface area contributed by atoms with Crippen LogP contribution in [-0.2, 0) is 0 Å². The van der Waals surface area contributed by atoms with Crippen LogP contribution in [0.25, 0.3) is 11.3 Å². The minimum atomic E-state index is -0.966. The Morgan fingerprint density at radius 3 is 2.50 bits per heavy atom. The number of fused-ring (bicyclic) bond motifs is 4. The lowest BCUT2D eigenvalue weighted by atomic mass is 9.51.